The van der Waals surface area contributed by atoms with E-state index in [9.17, 15) is 13.6 Å². The van der Waals surface area contributed by atoms with Gasteiger partial charge in [0.1, 0.15) is 11.6 Å². The Labute approximate surface area is 148 Å². The van der Waals surface area contributed by atoms with E-state index in [1.54, 1.807) is 18.2 Å². The molecular weight excluding hydrogens is 342 g/mol. The number of benzene rings is 2. The molecule has 0 radical (unpaired) electrons. The SMILES string of the molecule is CN(C)[C@H](CNC(=O)c1cc2ccc(F)cc2s1)c1cccc(F)c1. The predicted octanol–water partition coefficient (Wildman–Crippen LogP) is 4.21. The molecule has 3 aromatic rings. The van der Waals surface area contributed by atoms with Gasteiger partial charge in [-0.15, -0.1) is 11.3 Å². The number of thiophene rings is 1. The van der Waals surface area contributed by atoms with Crippen LogP contribution in [0.4, 0.5) is 8.78 Å². The lowest BCUT2D eigenvalue weighted by molar-refractivity contribution is 0.0946. The Morgan fingerprint density at radius 3 is 2.60 bits per heavy atom. The zero-order chi connectivity index (χ0) is 18.0. The Morgan fingerprint density at radius 2 is 1.88 bits per heavy atom. The molecule has 0 spiro atoms. The number of nitrogens with one attached hydrogen (secondary N) is 1. The zero-order valence-electron chi connectivity index (χ0n) is 13.9. The number of nitrogens with zero attached hydrogens (tertiary/aromatic N) is 1. The summed E-state index contributed by atoms with van der Waals surface area (Å²) in [5.41, 5.74) is 0.795. The highest BCUT2D eigenvalue weighted by Crippen LogP contribution is 2.26. The maximum Gasteiger partial charge on any atom is 0.261 e. The van der Waals surface area contributed by atoms with Crippen molar-refractivity contribution in [3.63, 3.8) is 0 Å². The number of amides is 1. The molecule has 1 N–H and O–H groups in total. The van der Waals surface area contributed by atoms with Crippen molar-refractivity contribution in [2.75, 3.05) is 20.6 Å². The summed E-state index contributed by atoms with van der Waals surface area (Å²) in [6.45, 7) is 0.345. The van der Waals surface area contributed by atoms with Gasteiger partial charge in [-0.1, -0.05) is 18.2 Å². The van der Waals surface area contributed by atoms with Crippen molar-refractivity contribution in [3.05, 3.63) is 70.6 Å². The average molecular weight is 360 g/mol. The van der Waals surface area contributed by atoms with E-state index in [4.69, 9.17) is 0 Å². The van der Waals surface area contributed by atoms with E-state index in [1.807, 2.05) is 25.1 Å². The molecule has 6 heteroatoms. The molecule has 1 aromatic heterocycles. The lowest BCUT2D eigenvalue weighted by atomic mass is 10.1. The van der Waals surface area contributed by atoms with E-state index in [0.717, 1.165) is 15.6 Å². The van der Waals surface area contributed by atoms with E-state index in [0.29, 0.717) is 11.4 Å². The van der Waals surface area contributed by atoms with Crippen LogP contribution in [-0.2, 0) is 0 Å². The van der Waals surface area contributed by atoms with Crippen LogP contribution in [0.15, 0.2) is 48.5 Å². The second kappa shape index (κ2) is 7.29. The Kier molecular flexibility index (Phi) is 5.11. The van der Waals surface area contributed by atoms with Gasteiger partial charge in [0.05, 0.1) is 10.9 Å². The number of hydrogen-bond acceptors (Lipinski definition) is 3. The third kappa shape index (κ3) is 4.03. The van der Waals surface area contributed by atoms with Crippen LogP contribution >= 0.6 is 11.3 Å². The molecule has 0 aliphatic carbocycles. The summed E-state index contributed by atoms with van der Waals surface area (Å²) in [6.07, 6.45) is 0. The van der Waals surface area contributed by atoms with Crippen molar-refractivity contribution < 1.29 is 13.6 Å². The first-order valence-corrected chi connectivity index (χ1v) is 8.65. The molecule has 0 bridgehead atoms. The fourth-order valence-electron chi connectivity index (χ4n) is 2.71. The van der Waals surface area contributed by atoms with Gasteiger partial charge < -0.3 is 10.2 Å². The molecule has 0 saturated carbocycles. The summed E-state index contributed by atoms with van der Waals surface area (Å²) in [5.74, 6) is -0.841. The number of carbonyl (C=O) groups excluding carboxylic acids is 1. The van der Waals surface area contributed by atoms with Crippen molar-refractivity contribution in [3.8, 4) is 0 Å². The lowest BCUT2D eigenvalue weighted by Crippen LogP contribution is -2.34. The molecule has 3 rings (SSSR count). The first-order chi connectivity index (χ1) is 11.9. The molecule has 25 heavy (non-hydrogen) atoms. The van der Waals surface area contributed by atoms with Gasteiger partial charge in [-0.25, -0.2) is 8.78 Å². The first kappa shape index (κ1) is 17.5. The van der Waals surface area contributed by atoms with Crippen LogP contribution in [0.2, 0.25) is 0 Å². The zero-order valence-corrected chi connectivity index (χ0v) is 14.7. The van der Waals surface area contributed by atoms with Gasteiger partial charge in [0.25, 0.3) is 5.91 Å². The van der Waals surface area contributed by atoms with Crippen LogP contribution < -0.4 is 5.32 Å². The van der Waals surface area contributed by atoms with E-state index >= 15 is 0 Å². The molecule has 130 valence electrons. The third-order valence-corrected chi connectivity index (χ3v) is 5.12. The van der Waals surface area contributed by atoms with Crippen LogP contribution in [0.3, 0.4) is 0 Å². The molecule has 2 aromatic carbocycles. The Morgan fingerprint density at radius 1 is 1.12 bits per heavy atom. The van der Waals surface area contributed by atoms with Crippen molar-refractivity contribution in [2.45, 2.75) is 6.04 Å². The summed E-state index contributed by atoms with van der Waals surface area (Å²) in [6, 6.07) is 12.4. The molecular formula is C19H18F2N2OS. The van der Waals surface area contributed by atoms with Crippen molar-refractivity contribution >= 4 is 27.3 Å². The van der Waals surface area contributed by atoms with Crippen LogP contribution in [-0.4, -0.2) is 31.4 Å². The highest BCUT2D eigenvalue weighted by molar-refractivity contribution is 7.20. The number of likely N-dealkylation sites (N-methyl/N-ethyl adjacent to an activating group) is 1. The van der Waals surface area contributed by atoms with Gasteiger partial charge in [0, 0.05) is 11.2 Å². The summed E-state index contributed by atoms with van der Waals surface area (Å²) >= 11 is 1.25. The fourth-order valence-corrected chi connectivity index (χ4v) is 3.71. The molecule has 3 nitrogen and oxygen atoms in total. The van der Waals surface area contributed by atoms with Crippen molar-refractivity contribution in [1.82, 2.24) is 10.2 Å². The number of halogens is 2. The second-order valence-electron chi connectivity index (χ2n) is 6.04. The highest BCUT2D eigenvalue weighted by atomic mass is 32.1. The van der Waals surface area contributed by atoms with Gasteiger partial charge in [-0.3, -0.25) is 4.79 Å². The molecule has 0 aliphatic rings. The van der Waals surface area contributed by atoms with Crippen molar-refractivity contribution in [1.29, 1.82) is 0 Å². The lowest BCUT2D eigenvalue weighted by Gasteiger charge is -2.25. The molecule has 0 fully saturated rings. The van der Waals surface area contributed by atoms with Crippen LogP contribution in [0.5, 0.6) is 0 Å². The Balaban J connectivity index is 1.74. The molecule has 1 amide bonds. The summed E-state index contributed by atoms with van der Waals surface area (Å²) in [7, 11) is 3.76. The third-order valence-electron chi connectivity index (χ3n) is 4.02. The molecule has 0 aliphatic heterocycles. The van der Waals surface area contributed by atoms with E-state index in [1.165, 1.54) is 35.6 Å². The number of carbonyl (C=O) groups is 1. The van der Waals surface area contributed by atoms with E-state index in [-0.39, 0.29) is 23.6 Å². The smallest absolute Gasteiger partial charge is 0.261 e. The number of rotatable bonds is 5. The maximum absolute atomic E-state index is 13.5. The first-order valence-electron chi connectivity index (χ1n) is 7.83. The monoisotopic (exact) mass is 360 g/mol. The molecule has 0 unspecified atom stereocenters. The quantitative estimate of drug-likeness (QED) is 0.739. The molecule has 1 atom stereocenters. The normalized spacial score (nSPS) is 12.5. The summed E-state index contributed by atoms with van der Waals surface area (Å²) < 4.78 is 27.5. The number of fused-ring (bicyclic) bond motifs is 1. The van der Waals surface area contributed by atoms with E-state index in [2.05, 4.69) is 5.32 Å². The van der Waals surface area contributed by atoms with Gasteiger partial charge in [-0.05, 0) is 55.4 Å². The number of hydrogen-bond donors (Lipinski definition) is 1. The van der Waals surface area contributed by atoms with Crippen LogP contribution in [0, 0.1) is 11.6 Å². The molecule has 1 heterocycles. The minimum atomic E-state index is -0.319. The van der Waals surface area contributed by atoms with Gasteiger partial charge in [0.2, 0.25) is 0 Å². The largest absolute Gasteiger partial charge is 0.349 e. The average Bonchev–Trinajstić information content (AvgIpc) is 2.97. The van der Waals surface area contributed by atoms with E-state index < -0.39 is 0 Å². The Hall–Kier alpha value is -2.31. The minimum absolute atomic E-state index is 0.147. The maximum atomic E-state index is 13.5. The van der Waals surface area contributed by atoms with Crippen LogP contribution in [0.25, 0.3) is 10.1 Å². The highest BCUT2D eigenvalue weighted by Gasteiger charge is 2.17. The van der Waals surface area contributed by atoms with Gasteiger partial charge in [-0.2, -0.15) is 0 Å². The topological polar surface area (TPSA) is 32.3 Å². The van der Waals surface area contributed by atoms with Gasteiger partial charge in [0.15, 0.2) is 0 Å². The summed E-state index contributed by atoms with van der Waals surface area (Å²) in [4.78, 5) is 14.9. The summed E-state index contributed by atoms with van der Waals surface area (Å²) in [5, 5.41) is 3.73. The molecule has 0 saturated heterocycles. The Bertz CT molecular complexity index is 907. The fraction of sp³-hybridized carbons (Fsp3) is 0.211. The minimum Gasteiger partial charge on any atom is -0.349 e. The standard InChI is InChI=1S/C19H18F2N2OS/c1-23(2)16(12-4-3-5-14(20)8-12)11-22-19(24)18-9-13-6-7-15(21)10-17(13)25-18/h3-10,16H,11H2,1-2H3,(H,22,24)/t16-/m1/s1. The van der Waals surface area contributed by atoms with Gasteiger partial charge >= 0.3 is 0 Å². The van der Waals surface area contributed by atoms with Crippen molar-refractivity contribution in [2.24, 2.45) is 0 Å². The second-order valence-corrected chi connectivity index (χ2v) is 7.12. The van der Waals surface area contributed by atoms with Crippen LogP contribution in [0.1, 0.15) is 21.3 Å². The predicted molar refractivity (Wildman–Crippen MR) is 96.9 cm³/mol.